The molecule has 116 valence electrons. The van der Waals surface area contributed by atoms with E-state index in [9.17, 15) is 9.59 Å². The molecular weight excluding hydrogens is 316 g/mol. The molecule has 0 aliphatic heterocycles. The standard InChI is InChI=1S/C15H12N4O3S/c1-22-12-5-3-2-4-9(12)11-8-23-15(16-11)17-14(21)10-6-7-13(20)19-18-10/h2-8H,1H3,(H,19,20)(H,16,17,21). The number of nitrogens with zero attached hydrogens (tertiary/aromatic N) is 2. The van der Waals surface area contributed by atoms with Crippen molar-refractivity contribution in [3.8, 4) is 17.0 Å². The fourth-order valence-electron chi connectivity index (χ4n) is 1.94. The molecule has 0 atom stereocenters. The van der Waals surface area contributed by atoms with Crippen LogP contribution in [0.15, 0.2) is 46.6 Å². The van der Waals surface area contributed by atoms with Gasteiger partial charge in [0, 0.05) is 17.0 Å². The van der Waals surface area contributed by atoms with Crippen molar-refractivity contribution < 1.29 is 9.53 Å². The van der Waals surface area contributed by atoms with Gasteiger partial charge in [0.05, 0.1) is 12.8 Å². The Bertz CT molecular complexity index is 883. The maximum Gasteiger partial charge on any atom is 0.277 e. The van der Waals surface area contributed by atoms with Crippen molar-refractivity contribution in [3.63, 3.8) is 0 Å². The topological polar surface area (TPSA) is 97.0 Å². The molecule has 0 unspecified atom stereocenters. The molecule has 2 aromatic heterocycles. The van der Waals surface area contributed by atoms with Crippen LogP contribution in [0.4, 0.5) is 5.13 Å². The Morgan fingerprint density at radius 2 is 2.09 bits per heavy atom. The van der Waals surface area contributed by atoms with Gasteiger partial charge in [-0.05, 0) is 18.2 Å². The van der Waals surface area contributed by atoms with Gasteiger partial charge in [0.1, 0.15) is 11.4 Å². The lowest BCUT2D eigenvalue weighted by Crippen LogP contribution is -2.17. The second-order valence-corrected chi connectivity index (χ2v) is 5.36. The summed E-state index contributed by atoms with van der Waals surface area (Å²) in [6.07, 6.45) is 0. The van der Waals surface area contributed by atoms with E-state index in [1.807, 2.05) is 29.6 Å². The lowest BCUT2D eigenvalue weighted by Gasteiger charge is -2.05. The number of anilines is 1. The second kappa shape index (κ2) is 6.41. The van der Waals surface area contributed by atoms with E-state index in [-0.39, 0.29) is 11.3 Å². The van der Waals surface area contributed by atoms with E-state index in [2.05, 4.69) is 20.5 Å². The zero-order valence-corrected chi connectivity index (χ0v) is 12.9. The van der Waals surface area contributed by atoms with Crippen LogP contribution in [-0.2, 0) is 0 Å². The molecule has 8 heteroatoms. The van der Waals surface area contributed by atoms with Gasteiger partial charge in [-0.3, -0.25) is 14.9 Å². The number of hydrogen-bond donors (Lipinski definition) is 2. The first-order valence-electron chi connectivity index (χ1n) is 6.63. The van der Waals surface area contributed by atoms with Gasteiger partial charge in [0.15, 0.2) is 5.13 Å². The number of H-pyrrole nitrogens is 1. The van der Waals surface area contributed by atoms with Crippen LogP contribution in [0.5, 0.6) is 5.75 Å². The molecule has 0 aliphatic carbocycles. The molecule has 7 nitrogen and oxygen atoms in total. The number of carbonyl (C=O) groups excluding carboxylic acids is 1. The van der Waals surface area contributed by atoms with Crippen LogP contribution in [0, 0.1) is 0 Å². The molecule has 0 fully saturated rings. The number of benzene rings is 1. The summed E-state index contributed by atoms with van der Waals surface area (Å²) in [4.78, 5) is 27.4. The number of para-hydroxylation sites is 1. The van der Waals surface area contributed by atoms with Gasteiger partial charge in [-0.1, -0.05) is 12.1 Å². The lowest BCUT2D eigenvalue weighted by molar-refractivity contribution is 0.102. The number of ether oxygens (including phenoxy) is 1. The first kappa shape index (κ1) is 14.9. The molecule has 3 aromatic rings. The summed E-state index contributed by atoms with van der Waals surface area (Å²) in [7, 11) is 1.59. The highest BCUT2D eigenvalue weighted by molar-refractivity contribution is 7.14. The number of methoxy groups -OCH3 is 1. The highest BCUT2D eigenvalue weighted by Crippen LogP contribution is 2.31. The molecule has 23 heavy (non-hydrogen) atoms. The van der Waals surface area contributed by atoms with Gasteiger partial charge >= 0.3 is 0 Å². The third kappa shape index (κ3) is 3.27. The molecule has 0 radical (unpaired) electrons. The highest BCUT2D eigenvalue weighted by Gasteiger charge is 2.13. The van der Waals surface area contributed by atoms with Crippen LogP contribution < -0.4 is 15.6 Å². The smallest absolute Gasteiger partial charge is 0.277 e. The number of aromatic nitrogens is 3. The third-order valence-electron chi connectivity index (χ3n) is 3.02. The van der Waals surface area contributed by atoms with Crippen LogP contribution in [-0.4, -0.2) is 28.2 Å². The van der Waals surface area contributed by atoms with E-state index < -0.39 is 5.91 Å². The molecule has 2 heterocycles. The largest absolute Gasteiger partial charge is 0.496 e. The van der Waals surface area contributed by atoms with Crippen molar-refractivity contribution in [2.75, 3.05) is 12.4 Å². The summed E-state index contributed by atoms with van der Waals surface area (Å²) in [5.41, 5.74) is 1.29. The van der Waals surface area contributed by atoms with Crippen LogP contribution in [0.25, 0.3) is 11.3 Å². The summed E-state index contributed by atoms with van der Waals surface area (Å²) in [5.74, 6) is 0.264. The lowest BCUT2D eigenvalue weighted by atomic mass is 10.1. The monoisotopic (exact) mass is 328 g/mol. The van der Waals surface area contributed by atoms with Crippen molar-refractivity contribution in [2.24, 2.45) is 0 Å². The van der Waals surface area contributed by atoms with Crippen molar-refractivity contribution in [1.82, 2.24) is 15.2 Å². The minimum Gasteiger partial charge on any atom is -0.496 e. The third-order valence-corrected chi connectivity index (χ3v) is 3.78. The summed E-state index contributed by atoms with van der Waals surface area (Å²) >= 11 is 1.29. The second-order valence-electron chi connectivity index (χ2n) is 4.50. The summed E-state index contributed by atoms with van der Waals surface area (Å²) in [6.45, 7) is 0. The van der Waals surface area contributed by atoms with Gasteiger partial charge in [-0.25, -0.2) is 10.1 Å². The molecule has 0 bridgehead atoms. The normalized spacial score (nSPS) is 10.3. The van der Waals surface area contributed by atoms with Crippen molar-refractivity contribution in [2.45, 2.75) is 0 Å². The number of rotatable bonds is 4. The molecule has 0 saturated carbocycles. The maximum atomic E-state index is 12.0. The zero-order valence-electron chi connectivity index (χ0n) is 12.1. The van der Waals surface area contributed by atoms with Crippen molar-refractivity contribution in [1.29, 1.82) is 0 Å². The van der Waals surface area contributed by atoms with Crippen molar-refractivity contribution >= 4 is 22.4 Å². The fourth-order valence-corrected chi connectivity index (χ4v) is 2.65. The number of thiazole rings is 1. The summed E-state index contributed by atoms with van der Waals surface area (Å²) in [6, 6.07) is 10.1. The summed E-state index contributed by atoms with van der Waals surface area (Å²) in [5, 5.41) is 10.8. The molecule has 0 saturated heterocycles. The van der Waals surface area contributed by atoms with Crippen molar-refractivity contribution in [3.05, 3.63) is 57.8 Å². The number of carbonyl (C=O) groups is 1. The first-order valence-corrected chi connectivity index (χ1v) is 7.51. The van der Waals surface area contributed by atoms with Crippen LogP contribution in [0.3, 0.4) is 0 Å². The molecule has 1 amide bonds. The Balaban J connectivity index is 1.81. The van der Waals surface area contributed by atoms with E-state index in [0.29, 0.717) is 16.6 Å². The molecule has 2 N–H and O–H groups in total. The van der Waals surface area contributed by atoms with E-state index in [4.69, 9.17) is 4.74 Å². The van der Waals surface area contributed by atoms with Crippen LogP contribution in [0.2, 0.25) is 0 Å². The van der Waals surface area contributed by atoms with E-state index in [1.165, 1.54) is 23.5 Å². The first-order chi connectivity index (χ1) is 11.2. The van der Waals surface area contributed by atoms with E-state index in [1.54, 1.807) is 7.11 Å². The van der Waals surface area contributed by atoms with E-state index >= 15 is 0 Å². The zero-order chi connectivity index (χ0) is 16.2. The minimum absolute atomic E-state index is 0.110. The average molecular weight is 328 g/mol. The number of nitrogens with one attached hydrogen (secondary N) is 2. The molecule has 0 aliphatic rings. The Morgan fingerprint density at radius 1 is 1.26 bits per heavy atom. The highest BCUT2D eigenvalue weighted by atomic mass is 32.1. The van der Waals surface area contributed by atoms with Gasteiger partial charge in [0.25, 0.3) is 11.5 Å². The molecular formula is C15H12N4O3S. The Labute approximate surface area is 135 Å². The van der Waals surface area contributed by atoms with Gasteiger partial charge in [-0.2, -0.15) is 5.10 Å². The van der Waals surface area contributed by atoms with Crippen LogP contribution >= 0.6 is 11.3 Å². The predicted octanol–water partition coefficient (Wildman–Crippen LogP) is 2.15. The maximum absolute atomic E-state index is 12.0. The quantitative estimate of drug-likeness (QED) is 0.765. The summed E-state index contributed by atoms with van der Waals surface area (Å²) < 4.78 is 5.30. The predicted molar refractivity (Wildman–Crippen MR) is 86.9 cm³/mol. The molecule has 3 rings (SSSR count). The Kier molecular flexibility index (Phi) is 4.15. The number of amides is 1. The average Bonchev–Trinajstić information content (AvgIpc) is 3.03. The Hall–Kier alpha value is -3.00. The van der Waals surface area contributed by atoms with Crippen LogP contribution in [0.1, 0.15) is 10.5 Å². The molecule has 0 spiro atoms. The minimum atomic E-state index is -0.442. The SMILES string of the molecule is COc1ccccc1-c1csc(NC(=O)c2ccc(=O)[nH]n2)n1. The molecule has 1 aromatic carbocycles. The number of aromatic amines is 1. The van der Waals surface area contributed by atoms with Gasteiger partial charge in [0.2, 0.25) is 0 Å². The number of hydrogen-bond acceptors (Lipinski definition) is 6. The Morgan fingerprint density at radius 3 is 2.83 bits per heavy atom. The van der Waals surface area contributed by atoms with E-state index in [0.717, 1.165) is 5.56 Å². The fraction of sp³-hybridized carbons (Fsp3) is 0.0667. The van der Waals surface area contributed by atoms with Gasteiger partial charge in [-0.15, -0.1) is 11.3 Å². The van der Waals surface area contributed by atoms with Gasteiger partial charge < -0.3 is 4.74 Å².